The predicted octanol–water partition coefficient (Wildman–Crippen LogP) is 5.83. The Labute approximate surface area is 193 Å². The van der Waals surface area contributed by atoms with Crippen LogP contribution in [-0.4, -0.2) is 23.7 Å². The van der Waals surface area contributed by atoms with Gasteiger partial charge in [0.1, 0.15) is 5.75 Å². The average molecular weight is 449 g/mol. The number of aryl methyl sites for hydroxylation is 2. The molecule has 3 aromatic carbocycles. The Balaban J connectivity index is 1.58. The third-order valence-electron chi connectivity index (χ3n) is 4.66. The number of amides is 2. The first kappa shape index (κ1) is 23.4. The van der Waals surface area contributed by atoms with Gasteiger partial charge in [0.2, 0.25) is 5.91 Å². The van der Waals surface area contributed by atoms with Crippen molar-refractivity contribution in [1.82, 2.24) is 0 Å². The van der Waals surface area contributed by atoms with E-state index >= 15 is 0 Å². The molecule has 0 radical (unpaired) electrons. The van der Waals surface area contributed by atoms with Crippen molar-refractivity contribution < 1.29 is 14.3 Å². The normalized spacial score (nSPS) is 11.5. The van der Waals surface area contributed by atoms with Crippen LogP contribution in [0.3, 0.4) is 0 Å². The molecule has 5 nitrogen and oxygen atoms in total. The summed E-state index contributed by atoms with van der Waals surface area (Å²) in [6, 6.07) is 22.7. The fourth-order valence-electron chi connectivity index (χ4n) is 3.27. The lowest BCUT2D eigenvalue weighted by atomic mass is 10.1. The van der Waals surface area contributed by atoms with Crippen molar-refractivity contribution in [2.24, 2.45) is 0 Å². The van der Waals surface area contributed by atoms with E-state index in [0.717, 1.165) is 21.7 Å². The fourth-order valence-corrected chi connectivity index (χ4v) is 4.28. The second kappa shape index (κ2) is 11.4. The van der Waals surface area contributed by atoms with Crippen molar-refractivity contribution >= 4 is 35.0 Å². The maximum Gasteiger partial charge on any atom is 0.262 e. The number of carbonyl (C=O) groups excluding carboxylic acids is 2. The highest BCUT2D eigenvalue weighted by atomic mass is 32.2. The molecule has 0 heterocycles. The van der Waals surface area contributed by atoms with Crippen molar-refractivity contribution in [2.45, 2.75) is 37.3 Å². The topological polar surface area (TPSA) is 67.4 Å². The Bertz CT molecular complexity index is 1050. The largest absolute Gasteiger partial charge is 0.484 e. The Morgan fingerprint density at radius 1 is 0.875 bits per heavy atom. The van der Waals surface area contributed by atoms with Gasteiger partial charge in [-0.15, -0.1) is 11.8 Å². The summed E-state index contributed by atoms with van der Waals surface area (Å²) in [5.74, 6) is 0.372. The smallest absolute Gasteiger partial charge is 0.262 e. The number of para-hydroxylation sites is 1. The highest BCUT2D eigenvalue weighted by Crippen LogP contribution is 2.29. The van der Waals surface area contributed by atoms with Crippen LogP contribution in [0.2, 0.25) is 0 Å². The van der Waals surface area contributed by atoms with Gasteiger partial charge in [0.05, 0.1) is 5.25 Å². The van der Waals surface area contributed by atoms with E-state index in [1.165, 1.54) is 11.8 Å². The van der Waals surface area contributed by atoms with Crippen LogP contribution in [0.4, 0.5) is 11.4 Å². The zero-order chi connectivity index (χ0) is 22.9. The standard InChI is InChI=1S/C26H28N2O3S/c1-4-24(26(30)28-21-14-18(2)13-19(3)15-21)32-23-12-8-9-20(16-23)27-25(29)17-31-22-10-6-5-7-11-22/h5-16,24H,4,17H2,1-3H3,(H,27,29)(H,28,30). The van der Waals surface area contributed by atoms with Crippen LogP contribution in [0.5, 0.6) is 5.75 Å². The van der Waals surface area contributed by atoms with Gasteiger partial charge in [-0.2, -0.15) is 0 Å². The number of benzene rings is 3. The van der Waals surface area contributed by atoms with Crippen LogP contribution < -0.4 is 15.4 Å². The Morgan fingerprint density at radius 3 is 2.28 bits per heavy atom. The first-order chi connectivity index (χ1) is 15.4. The summed E-state index contributed by atoms with van der Waals surface area (Å²) in [4.78, 5) is 26.0. The lowest BCUT2D eigenvalue weighted by Crippen LogP contribution is -2.24. The molecule has 0 bridgehead atoms. The molecule has 2 N–H and O–H groups in total. The molecule has 0 fully saturated rings. The first-order valence-electron chi connectivity index (χ1n) is 10.6. The Hall–Kier alpha value is -3.25. The van der Waals surface area contributed by atoms with Crippen molar-refractivity contribution in [2.75, 3.05) is 17.2 Å². The monoisotopic (exact) mass is 448 g/mol. The second-order valence-corrected chi connectivity index (χ2v) is 8.83. The SMILES string of the molecule is CCC(Sc1cccc(NC(=O)COc2ccccc2)c1)C(=O)Nc1cc(C)cc(C)c1. The highest BCUT2D eigenvalue weighted by molar-refractivity contribution is 8.00. The number of hydrogen-bond donors (Lipinski definition) is 2. The molecule has 1 atom stereocenters. The fraction of sp³-hybridized carbons (Fsp3) is 0.231. The maximum atomic E-state index is 12.8. The molecule has 0 spiro atoms. The van der Waals surface area contributed by atoms with Crippen LogP contribution in [0.15, 0.2) is 77.7 Å². The number of carbonyl (C=O) groups is 2. The molecule has 166 valence electrons. The van der Waals surface area contributed by atoms with Crippen LogP contribution >= 0.6 is 11.8 Å². The quantitative estimate of drug-likeness (QED) is 0.404. The van der Waals surface area contributed by atoms with Crippen LogP contribution in [0.1, 0.15) is 24.5 Å². The molecule has 3 rings (SSSR count). The number of nitrogens with one attached hydrogen (secondary N) is 2. The third kappa shape index (κ3) is 7.17. The van der Waals surface area contributed by atoms with Crippen LogP contribution in [0, 0.1) is 13.8 Å². The van der Waals surface area contributed by atoms with E-state index in [4.69, 9.17) is 4.74 Å². The molecule has 0 aliphatic rings. The molecule has 3 aromatic rings. The maximum absolute atomic E-state index is 12.8. The van der Waals surface area contributed by atoms with Gasteiger partial charge >= 0.3 is 0 Å². The number of rotatable bonds is 9. The van der Waals surface area contributed by atoms with E-state index < -0.39 is 0 Å². The van der Waals surface area contributed by atoms with E-state index in [2.05, 4.69) is 16.7 Å². The molecule has 6 heteroatoms. The van der Waals surface area contributed by atoms with Crippen molar-refractivity contribution in [1.29, 1.82) is 0 Å². The molecule has 1 unspecified atom stereocenters. The first-order valence-corrected chi connectivity index (χ1v) is 11.4. The molecule has 0 aliphatic heterocycles. The lowest BCUT2D eigenvalue weighted by Gasteiger charge is -2.16. The molecular formula is C26H28N2O3S. The molecular weight excluding hydrogens is 420 g/mol. The zero-order valence-electron chi connectivity index (χ0n) is 18.6. The minimum absolute atomic E-state index is 0.0341. The summed E-state index contributed by atoms with van der Waals surface area (Å²) in [6.07, 6.45) is 0.683. The van der Waals surface area contributed by atoms with Gasteiger partial charge in [0.15, 0.2) is 6.61 Å². The summed E-state index contributed by atoms with van der Waals surface area (Å²) in [5, 5.41) is 5.63. The highest BCUT2D eigenvalue weighted by Gasteiger charge is 2.18. The van der Waals surface area contributed by atoms with Gasteiger partial charge in [0, 0.05) is 16.3 Å². The molecule has 0 saturated carbocycles. The molecule has 0 aromatic heterocycles. The summed E-state index contributed by atoms with van der Waals surface area (Å²) in [7, 11) is 0. The van der Waals surface area contributed by atoms with Gasteiger partial charge in [-0.05, 0) is 73.9 Å². The molecule has 0 saturated heterocycles. The van der Waals surface area contributed by atoms with E-state index in [1.807, 2.05) is 75.4 Å². The molecule has 0 aliphatic carbocycles. The number of anilines is 2. The van der Waals surface area contributed by atoms with Gasteiger partial charge in [-0.1, -0.05) is 37.3 Å². The minimum atomic E-state index is -0.247. The second-order valence-electron chi connectivity index (χ2n) is 7.56. The summed E-state index contributed by atoms with van der Waals surface area (Å²) in [5.41, 5.74) is 3.70. The van der Waals surface area contributed by atoms with Gasteiger partial charge in [-0.25, -0.2) is 0 Å². The summed E-state index contributed by atoms with van der Waals surface area (Å²) in [6.45, 7) is 5.95. The van der Waals surface area contributed by atoms with E-state index in [1.54, 1.807) is 12.1 Å². The number of thioether (sulfide) groups is 1. The zero-order valence-corrected chi connectivity index (χ0v) is 19.4. The number of hydrogen-bond acceptors (Lipinski definition) is 4. The summed E-state index contributed by atoms with van der Waals surface area (Å²) >= 11 is 1.48. The van der Waals surface area contributed by atoms with Crippen molar-refractivity contribution in [3.63, 3.8) is 0 Å². The Morgan fingerprint density at radius 2 is 1.59 bits per heavy atom. The van der Waals surface area contributed by atoms with E-state index in [9.17, 15) is 9.59 Å². The van der Waals surface area contributed by atoms with Crippen LogP contribution in [-0.2, 0) is 9.59 Å². The average Bonchev–Trinajstić information content (AvgIpc) is 2.76. The Kier molecular flexibility index (Phi) is 8.34. The van der Waals surface area contributed by atoms with Gasteiger partial charge in [-0.3, -0.25) is 9.59 Å². The van der Waals surface area contributed by atoms with Gasteiger partial charge < -0.3 is 15.4 Å². The van der Waals surface area contributed by atoms with E-state index in [0.29, 0.717) is 17.9 Å². The van der Waals surface area contributed by atoms with E-state index in [-0.39, 0.29) is 23.7 Å². The molecule has 2 amide bonds. The lowest BCUT2D eigenvalue weighted by molar-refractivity contribution is -0.118. The molecule has 32 heavy (non-hydrogen) atoms. The predicted molar refractivity (Wildman–Crippen MR) is 131 cm³/mol. The van der Waals surface area contributed by atoms with Crippen LogP contribution in [0.25, 0.3) is 0 Å². The number of ether oxygens (including phenoxy) is 1. The van der Waals surface area contributed by atoms with Crippen molar-refractivity contribution in [3.05, 3.63) is 83.9 Å². The summed E-state index contributed by atoms with van der Waals surface area (Å²) < 4.78 is 5.49. The third-order valence-corrected chi connectivity index (χ3v) is 6.02. The van der Waals surface area contributed by atoms with Crippen molar-refractivity contribution in [3.8, 4) is 5.75 Å². The minimum Gasteiger partial charge on any atom is -0.484 e. The van der Waals surface area contributed by atoms with Gasteiger partial charge in [0.25, 0.3) is 5.91 Å².